The normalized spacial score (nSPS) is 24.3. The molecule has 152 valence electrons. The molecule has 1 fully saturated rings. The van der Waals surface area contributed by atoms with Gasteiger partial charge in [-0.15, -0.1) is 11.3 Å². The molecule has 2 aliphatic rings. The Hall–Kier alpha value is -2.29. The van der Waals surface area contributed by atoms with Crippen LogP contribution in [0, 0.1) is 11.7 Å². The van der Waals surface area contributed by atoms with E-state index in [-0.39, 0.29) is 16.7 Å². The van der Waals surface area contributed by atoms with E-state index >= 15 is 0 Å². The summed E-state index contributed by atoms with van der Waals surface area (Å²) in [7, 11) is 1.30. The summed E-state index contributed by atoms with van der Waals surface area (Å²) in [6.07, 6.45) is 2.07. The first-order valence-electron chi connectivity index (χ1n) is 9.12. The highest BCUT2D eigenvalue weighted by molar-refractivity contribution is 7.11. The van der Waals surface area contributed by atoms with Crippen molar-refractivity contribution < 1.29 is 18.7 Å². The molecule has 9 heteroatoms. The summed E-state index contributed by atoms with van der Waals surface area (Å²) in [5.41, 5.74) is 1.21. The molecule has 0 bridgehead atoms. The molecule has 2 aromatic rings. The molecule has 1 saturated heterocycles. The molecule has 0 aliphatic carbocycles. The molecule has 3 unspecified atom stereocenters. The van der Waals surface area contributed by atoms with Crippen molar-refractivity contribution in [2.45, 2.75) is 25.5 Å². The fourth-order valence-electron chi connectivity index (χ4n) is 3.54. The number of halogens is 2. The van der Waals surface area contributed by atoms with Crippen molar-refractivity contribution in [3.8, 4) is 0 Å². The van der Waals surface area contributed by atoms with Crippen LogP contribution in [-0.4, -0.2) is 36.6 Å². The summed E-state index contributed by atoms with van der Waals surface area (Å²) in [5.74, 6) is -0.323. The number of amidine groups is 1. The van der Waals surface area contributed by atoms with Crippen LogP contribution in [0.15, 0.2) is 46.0 Å². The number of carbonyl (C=O) groups excluding carboxylic acids is 1. The van der Waals surface area contributed by atoms with Crippen LogP contribution in [0.2, 0.25) is 5.02 Å². The lowest BCUT2D eigenvalue weighted by Gasteiger charge is -2.29. The molecule has 1 aromatic heterocycles. The second kappa shape index (κ2) is 8.22. The van der Waals surface area contributed by atoms with Gasteiger partial charge in [-0.2, -0.15) is 0 Å². The van der Waals surface area contributed by atoms with Gasteiger partial charge in [-0.05, 0) is 18.4 Å². The zero-order chi connectivity index (χ0) is 20.5. The Balaban J connectivity index is 1.90. The Bertz CT molecular complexity index is 993. The zero-order valence-corrected chi connectivity index (χ0v) is 17.4. The molecule has 6 nitrogen and oxygen atoms in total. The number of thiazole rings is 1. The topological polar surface area (TPSA) is 72.8 Å². The standard InChI is InChI=1S/C20H19ClFN3O3S/c1-10-8-13(28-9-10)17-14(20(26)27-2)16(11-4-3-5-12(22)15(11)21)24-18(25-17)19-23-6-7-29-19/h3-7,10,13,16H,8-9H2,1-2H3,(H,24,25). The lowest BCUT2D eigenvalue weighted by Crippen LogP contribution is -2.38. The van der Waals surface area contributed by atoms with E-state index in [2.05, 4.69) is 22.2 Å². The molecule has 1 N–H and O–H groups in total. The number of ether oxygens (including phenoxy) is 2. The van der Waals surface area contributed by atoms with Crippen LogP contribution in [-0.2, 0) is 14.3 Å². The number of hydrogen-bond donors (Lipinski definition) is 1. The van der Waals surface area contributed by atoms with Crippen molar-refractivity contribution in [2.75, 3.05) is 13.7 Å². The average molecular weight is 436 g/mol. The van der Waals surface area contributed by atoms with Gasteiger partial charge in [-0.1, -0.05) is 30.7 Å². The highest BCUT2D eigenvalue weighted by atomic mass is 35.5. The molecule has 1 aromatic carbocycles. The number of aromatic nitrogens is 1. The largest absolute Gasteiger partial charge is 0.466 e. The van der Waals surface area contributed by atoms with Gasteiger partial charge in [0, 0.05) is 17.1 Å². The lowest BCUT2D eigenvalue weighted by atomic mass is 9.92. The van der Waals surface area contributed by atoms with Crippen LogP contribution in [0.3, 0.4) is 0 Å². The van der Waals surface area contributed by atoms with Crippen LogP contribution in [0.5, 0.6) is 0 Å². The number of rotatable bonds is 4. The van der Waals surface area contributed by atoms with Crippen molar-refractivity contribution in [3.63, 3.8) is 0 Å². The maximum absolute atomic E-state index is 14.2. The van der Waals surface area contributed by atoms with Crippen LogP contribution in [0.4, 0.5) is 4.39 Å². The second-order valence-electron chi connectivity index (χ2n) is 6.97. The van der Waals surface area contributed by atoms with Gasteiger partial charge < -0.3 is 14.8 Å². The van der Waals surface area contributed by atoms with Gasteiger partial charge in [0.1, 0.15) is 11.9 Å². The van der Waals surface area contributed by atoms with E-state index in [0.717, 1.165) is 6.42 Å². The SMILES string of the molecule is COC(=O)C1=C(C2CC(C)CO2)NC(c2nccs2)=NC1c1cccc(F)c1Cl. The fourth-order valence-corrected chi connectivity index (χ4v) is 4.36. The molecule has 2 aliphatic heterocycles. The summed E-state index contributed by atoms with van der Waals surface area (Å²) in [4.78, 5) is 21.8. The van der Waals surface area contributed by atoms with E-state index < -0.39 is 17.8 Å². The summed E-state index contributed by atoms with van der Waals surface area (Å²) in [6, 6.07) is 3.62. The molecule has 29 heavy (non-hydrogen) atoms. The van der Waals surface area contributed by atoms with E-state index in [9.17, 15) is 9.18 Å². The Morgan fingerprint density at radius 1 is 1.45 bits per heavy atom. The van der Waals surface area contributed by atoms with Crippen LogP contribution in [0.25, 0.3) is 0 Å². The van der Waals surface area contributed by atoms with Crippen LogP contribution < -0.4 is 5.32 Å². The minimum Gasteiger partial charge on any atom is -0.466 e. The summed E-state index contributed by atoms with van der Waals surface area (Å²) >= 11 is 7.66. The monoisotopic (exact) mass is 435 g/mol. The number of aliphatic imine (C=N–C) groups is 1. The fraction of sp³-hybridized carbons (Fsp3) is 0.350. The number of esters is 1. The summed E-state index contributed by atoms with van der Waals surface area (Å²) in [5, 5.41) is 5.63. The van der Waals surface area contributed by atoms with Gasteiger partial charge in [0.25, 0.3) is 0 Å². The number of methoxy groups -OCH3 is 1. The smallest absolute Gasteiger partial charge is 0.338 e. The molecular weight excluding hydrogens is 417 g/mol. The second-order valence-corrected chi connectivity index (χ2v) is 8.24. The first kappa shape index (κ1) is 20.0. The Kier molecular flexibility index (Phi) is 5.67. The van der Waals surface area contributed by atoms with Gasteiger partial charge in [-0.25, -0.2) is 14.2 Å². The number of benzene rings is 1. The van der Waals surface area contributed by atoms with E-state index in [0.29, 0.717) is 34.6 Å². The number of nitrogens with zero attached hydrogens (tertiary/aromatic N) is 2. The maximum atomic E-state index is 14.2. The average Bonchev–Trinajstić information content (AvgIpc) is 3.40. The van der Waals surface area contributed by atoms with Gasteiger partial charge in [0.2, 0.25) is 0 Å². The number of nitrogens with one attached hydrogen (secondary N) is 1. The van der Waals surface area contributed by atoms with Crippen molar-refractivity contribution in [1.82, 2.24) is 10.3 Å². The van der Waals surface area contributed by atoms with Crippen molar-refractivity contribution in [2.24, 2.45) is 10.9 Å². The van der Waals surface area contributed by atoms with E-state index in [1.54, 1.807) is 18.3 Å². The molecule has 0 saturated carbocycles. The summed E-state index contributed by atoms with van der Waals surface area (Å²) in [6.45, 7) is 2.66. The molecule has 3 heterocycles. The Morgan fingerprint density at radius 2 is 2.28 bits per heavy atom. The number of hydrogen-bond acceptors (Lipinski definition) is 7. The van der Waals surface area contributed by atoms with Crippen molar-refractivity contribution in [1.29, 1.82) is 0 Å². The Labute approximate surface area is 176 Å². The molecule has 0 radical (unpaired) electrons. The number of carbonyl (C=O) groups is 1. The predicted octanol–water partition coefficient (Wildman–Crippen LogP) is 3.88. The molecular formula is C20H19ClFN3O3S. The Morgan fingerprint density at radius 3 is 2.93 bits per heavy atom. The highest BCUT2D eigenvalue weighted by Crippen LogP contribution is 2.39. The quantitative estimate of drug-likeness (QED) is 0.738. The highest BCUT2D eigenvalue weighted by Gasteiger charge is 2.39. The van der Waals surface area contributed by atoms with Gasteiger partial charge in [0.05, 0.1) is 36.1 Å². The molecule has 0 spiro atoms. The predicted molar refractivity (Wildman–Crippen MR) is 109 cm³/mol. The van der Waals surface area contributed by atoms with Crippen LogP contribution in [0.1, 0.15) is 30.0 Å². The van der Waals surface area contributed by atoms with Gasteiger partial charge in [0.15, 0.2) is 10.8 Å². The first-order chi connectivity index (χ1) is 14.0. The minimum absolute atomic E-state index is 0.0805. The third kappa shape index (κ3) is 3.80. The van der Waals surface area contributed by atoms with Crippen LogP contribution >= 0.6 is 22.9 Å². The van der Waals surface area contributed by atoms with E-state index in [4.69, 9.17) is 21.1 Å². The third-order valence-electron chi connectivity index (χ3n) is 4.91. The third-order valence-corrected chi connectivity index (χ3v) is 6.09. The first-order valence-corrected chi connectivity index (χ1v) is 10.4. The molecule has 4 rings (SSSR count). The zero-order valence-electron chi connectivity index (χ0n) is 15.8. The molecule has 0 amide bonds. The molecule has 3 atom stereocenters. The van der Waals surface area contributed by atoms with Crippen molar-refractivity contribution in [3.05, 3.63) is 62.5 Å². The summed E-state index contributed by atoms with van der Waals surface area (Å²) < 4.78 is 25.2. The van der Waals surface area contributed by atoms with Gasteiger partial charge >= 0.3 is 5.97 Å². The lowest BCUT2D eigenvalue weighted by molar-refractivity contribution is -0.136. The van der Waals surface area contributed by atoms with Gasteiger partial charge in [-0.3, -0.25) is 4.99 Å². The minimum atomic E-state index is -0.847. The maximum Gasteiger partial charge on any atom is 0.338 e. The van der Waals surface area contributed by atoms with E-state index in [1.165, 1.54) is 24.5 Å². The van der Waals surface area contributed by atoms with E-state index in [1.807, 2.05) is 5.38 Å². The van der Waals surface area contributed by atoms with Crippen molar-refractivity contribution >= 4 is 34.7 Å².